The van der Waals surface area contributed by atoms with Gasteiger partial charge in [0, 0.05) is 61.1 Å². The Labute approximate surface area is 248 Å². The lowest BCUT2D eigenvalue weighted by Gasteiger charge is -2.36. The fraction of sp³-hybridized carbons (Fsp3) is 0.281. The fourth-order valence-corrected chi connectivity index (χ4v) is 6.10. The summed E-state index contributed by atoms with van der Waals surface area (Å²) < 4.78 is 13.2. The van der Waals surface area contributed by atoms with Crippen LogP contribution < -0.4 is 10.2 Å². The minimum atomic E-state index is -1.26. The molecule has 2 aliphatic rings. The molecule has 8 nitrogen and oxygen atoms in total. The van der Waals surface area contributed by atoms with Crippen LogP contribution in [0, 0.1) is 5.82 Å². The first-order valence-corrected chi connectivity index (χ1v) is 14.7. The van der Waals surface area contributed by atoms with Crippen molar-refractivity contribution in [2.24, 2.45) is 0 Å². The molecule has 10 heteroatoms. The van der Waals surface area contributed by atoms with Crippen LogP contribution in [-0.2, 0) is 20.1 Å². The largest absolute Gasteiger partial charge is 0.478 e. The van der Waals surface area contributed by atoms with Crippen LogP contribution >= 0.6 is 11.8 Å². The number of carbonyl (C=O) groups excluding carboxylic acids is 1. The van der Waals surface area contributed by atoms with Crippen LogP contribution in [0.25, 0.3) is 0 Å². The lowest BCUT2D eigenvalue weighted by Crippen LogP contribution is -2.46. The predicted octanol–water partition coefficient (Wildman–Crippen LogP) is 4.95. The van der Waals surface area contributed by atoms with E-state index in [4.69, 9.17) is 10.2 Å². The quantitative estimate of drug-likeness (QED) is 0.316. The molecule has 1 fully saturated rings. The third-order valence-corrected chi connectivity index (χ3v) is 8.23. The summed E-state index contributed by atoms with van der Waals surface area (Å²) in [5.74, 6) is -1.69. The molecule has 0 spiro atoms. The molecular weight excluding hydrogens is 557 g/mol. The van der Waals surface area contributed by atoms with Gasteiger partial charge in [0.2, 0.25) is 5.91 Å². The highest BCUT2D eigenvalue weighted by Gasteiger charge is 2.25. The number of hydrogen-bond donors (Lipinski definition) is 3. The van der Waals surface area contributed by atoms with Crippen LogP contribution in [0.5, 0.6) is 0 Å². The van der Waals surface area contributed by atoms with Crippen LogP contribution in [0.2, 0.25) is 0 Å². The molecule has 0 aromatic heterocycles. The van der Waals surface area contributed by atoms with Crippen molar-refractivity contribution >= 4 is 35.3 Å². The first-order valence-electron chi connectivity index (χ1n) is 13.8. The van der Waals surface area contributed by atoms with Gasteiger partial charge >= 0.3 is 11.9 Å². The Morgan fingerprint density at radius 1 is 0.857 bits per heavy atom. The lowest BCUT2D eigenvalue weighted by atomic mass is 9.95. The zero-order chi connectivity index (χ0) is 29.9. The molecule has 1 saturated heterocycles. The summed E-state index contributed by atoms with van der Waals surface area (Å²) in [6.07, 6.45) is 2.48. The van der Waals surface area contributed by atoms with Crippen LogP contribution in [0.1, 0.15) is 35.6 Å². The topological polar surface area (TPSA) is 110 Å². The Hall–Kier alpha value is -4.15. The van der Waals surface area contributed by atoms with Crippen molar-refractivity contribution in [2.45, 2.75) is 29.5 Å². The van der Waals surface area contributed by atoms with Crippen molar-refractivity contribution in [1.29, 1.82) is 0 Å². The van der Waals surface area contributed by atoms with Crippen molar-refractivity contribution in [1.82, 2.24) is 10.2 Å². The number of aliphatic carboxylic acids is 2. The van der Waals surface area contributed by atoms with E-state index in [-0.39, 0.29) is 17.8 Å². The molecule has 2 aliphatic heterocycles. The van der Waals surface area contributed by atoms with E-state index in [2.05, 4.69) is 63.6 Å². The van der Waals surface area contributed by atoms with Crippen molar-refractivity contribution in [2.75, 3.05) is 37.6 Å². The van der Waals surface area contributed by atoms with Crippen LogP contribution in [0.3, 0.4) is 0 Å². The number of amides is 1. The second kappa shape index (κ2) is 15.2. The molecule has 220 valence electrons. The summed E-state index contributed by atoms with van der Waals surface area (Å²) in [5, 5.41) is 19.0. The highest BCUT2D eigenvalue weighted by atomic mass is 32.2. The second-order valence-corrected chi connectivity index (χ2v) is 11.0. The lowest BCUT2D eigenvalue weighted by molar-refractivity contribution is -0.134. The van der Waals surface area contributed by atoms with E-state index in [0.717, 1.165) is 50.6 Å². The molecule has 3 aromatic rings. The minimum absolute atomic E-state index is 0.103. The maximum Gasteiger partial charge on any atom is 0.328 e. The average Bonchev–Trinajstić information content (AvgIpc) is 3.14. The van der Waals surface area contributed by atoms with Gasteiger partial charge in [-0.3, -0.25) is 9.69 Å². The number of halogens is 1. The summed E-state index contributed by atoms with van der Waals surface area (Å²) in [6.45, 7) is 4.67. The highest BCUT2D eigenvalue weighted by Crippen LogP contribution is 2.39. The molecule has 3 N–H and O–H groups in total. The van der Waals surface area contributed by atoms with Crippen molar-refractivity contribution in [3.8, 4) is 0 Å². The molecule has 2 heterocycles. The highest BCUT2D eigenvalue weighted by molar-refractivity contribution is 7.98. The number of nitrogens with zero attached hydrogens (tertiary/aromatic N) is 2. The number of rotatable bonds is 8. The van der Waals surface area contributed by atoms with Gasteiger partial charge in [-0.15, -0.1) is 11.8 Å². The van der Waals surface area contributed by atoms with Gasteiger partial charge in [-0.2, -0.15) is 0 Å². The number of piperazine rings is 1. The number of benzene rings is 3. The molecule has 3 aromatic carbocycles. The zero-order valence-corrected chi connectivity index (χ0v) is 23.9. The Balaban J connectivity index is 0.000000446. The van der Waals surface area contributed by atoms with E-state index < -0.39 is 11.9 Å². The molecule has 0 bridgehead atoms. The van der Waals surface area contributed by atoms with Crippen molar-refractivity contribution in [3.63, 3.8) is 0 Å². The number of carboxylic acid groups (broad SMARTS) is 2. The van der Waals surface area contributed by atoms with Crippen LogP contribution in [-0.4, -0.2) is 65.7 Å². The average molecular weight is 592 g/mol. The van der Waals surface area contributed by atoms with E-state index in [9.17, 15) is 18.8 Å². The Kier molecular flexibility index (Phi) is 11.1. The number of thioether (sulfide) groups is 1. The molecule has 42 heavy (non-hydrogen) atoms. The van der Waals surface area contributed by atoms with Gasteiger partial charge in [-0.25, -0.2) is 14.0 Å². The van der Waals surface area contributed by atoms with E-state index in [1.165, 1.54) is 33.7 Å². The zero-order valence-electron chi connectivity index (χ0n) is 23.1. The number of anilines is 1. The smallest absolute Gasteiger partial charge is 0.328 e. The summed E-state index contributed by atoms with van der Waals surface area (Å²) >= 11 is 1.84. The number of fused-ring (bicyclic) bond motifs is 2. The van der Waals surface area contributed by atoms with Gasteiger partial charge in [0.15, 0.2) is 0 Å². The van der Waals surface area contributed by atoms with Gasteiger partial charge in [0.1, 0.15) is 5.82 Å². The normalized spacial score (nSPS) is 16.4. The number of hydrogen-bond acceptors (Lipinski definition) is 6. The summed E-state index contributed by atoms with van der Waals surface area (Å²) in [5.41, 5.74) is 4.74. The predicted molar refractivity (Wildman–Crippen MR) is 161 cm³/mol. The number of carbonyl (C=O) groups is 3. The maximum absolute atomic E-state index is 13.2. The van der Waals surface area contributed by atoms with Crippen molar-refractivity contribution < 1.29 is 29.0 Å². The Morgan fingerprint density at radius 3 is 2.14 bits per heavy atom. The van der Waals surface area contributed by atoms with E-state index in [1.807, 2.05) is 23.9 Å². The van der Waals surface area contributed by atoms with Crippen LogP contribution in [0.15, 0.2) is 89.8 Å². The monoisotopic (exact) mass is 591 g/mol. The Bertz CT molecular complexity index is 1340. The van der Waals surface area contributed by atoms with Gasteiger partial charge in [-0.1, -0.05) is 42.5 Å². The first kappa shape index (κ1) is 30.8. The standard InChI is InChI=1S/C28H30FN3OS.C4H4O4/c29-22-11-13-23(14-12-22)32-18-16-31(17-19-32)15-5-10-27(33)30-28-24-7-2-1-6-21(24)20-34-26-9-4-3-8-25(26)28;5-3(6)1-2-4(7)8/h1-4,6-9,11-14,28H,5,10,15-20H2,(H,30,33);1-2H,(H,5,6)(H,7,8). The molecule has 0 aliphatic carbocycles. The SMILES string of the molecule is O=C(CCCN1CCN(c2ccc(F)cc2)CC1)NC1c2ccccc2CSc2ccccc21.O=C(O)C=CC(=O)O. The summed E-state index contributed by atoms with van der Waals surface area (Å²) in [6, 6.07) is 23.5. The van der Waals surface area contributed by atoms with Gasteiger partial charge < -0.3 is 20.4 Å². The third-order valence-electron chi connectivity index (χ3n) is 7.10. The maximum atomic E-state index is 13.2. The fourth-order valence-electron chi connectivity index (χ4n) is 5.00. The first-order chi connectivity index (χ1) is 20.3. The minimum Gasteiger partial charge on any atom is -0.478 e. The van der Waals surface area contributed by atoms with E-state index in [1.54, 1.807) is 0 Å². The molecular formula is C32H34FN3O5S. The second-order valence-electron chi connectivity index (χ2n) is 9.94. The molecule has 0 radical (unpaired) electrons. The van der Waals surface area contributed by atoms with E-state index >= 15 is 0 Å². The van der Waals surface area contributed by atoms with Gasteiger partial charge in [0.05, 0.1) is 6.04 Å². The summed E-state index contributed by atoms with van der Waals surface area (Å²) in [4.78, 5) is 38.0. The number of nitrogens with one attached hydrogen (secondary N) is 1. The number of carboxylic acids is 2. The molecule has 5 rings (SSSR count). The summed E-state index contributed by atoms with van der Waals surface area (Å²) in [7, 11) is 0. The van der Waals surface area contributed by atoms with Gasteiger partial charge in [0.25, 0.3) is 0 Å². The van der Waals surface area contributed by atoms with Crippen LogP contribution in [0.4, 0.5) is 10.1 Å². The van der Waals surface area contributed by atoms with Gasteiger partial charge in [-0.05, 0) is 60.0 Å². The molecule has 1 amide bonds. The Morgan fingerprint density at radius 2 is 1.48 bits per heavy atom. The third kappa shape index (κ3) is 8.92. The van der Waals surface area contributed by atoms with E-state index in [0.29, 0.717) is 18.6 Å². The van der Waals surface area contributed by atoms with Crippen molar-refractivity contribution in [3.05, 3.63) is 107 Å². The molecule has 1 atom stereocenters. The molecule has 1 unspecified atom stereocenters. The molecule has 0 saturated carbocycles.